The SMILES string of the molecule is Cc1ccn(C(C)(C)C)c1C. The fourth-order valence-corrected chi connectivity index (χ4v) is 1.34. The molecule has 0 saturated carbocycles. The van der Waals surface area contributed by atoms with E-state index < -0.39 is 0 Å². The van der Waals surface area contributed by atoms with E-state index in [1.807, 2.05) is 0 Å². The summed E-state index contributed by atoms with van der Waals surface area (Å²) in [4.78, 5) is 0. The molecule has 0 aliphatic rings. The number of hydrogen-bond donors (Lipinski definition) is 0. The van der Waals surface area contributed by atoms with Gasteiger partial charge in [-0.15, -0.1) is 0 Å². The van der Waals surface area contributed by atoms with E-state index >= 15 is 0 Å². The fraction of sp³-hybridized carbons (Fsp3) is 0.600. The fourth-order valence-electron chi connectivity index (χ4n) is 1.34. The van der Waals surface area contributed by atoms with Gasteiger partial charge in [-0.25, -0.2) is 0 Å². The predicted octanol–water partition coefficient (Wildman–Crippen LogP) is 2.86. The van der Waals surface area contributed by atoms with Crippen molar-refractivity contribution in [3.05, 3.63) is 23.5 Å². The normalized spacial score (nSPS) is 12.1. The standard InChI is InChI=1S/C10H17N/c1-8-6-7-11(9(8)2)10(3,4)5/h6-7H,1-5H3. The Balaban J connectivity index is 3.15. The molecule has 0 fully saturated rings. The van der Waals surface area contributed by atoms with Crippen LogP contribution in [0, 0.1) is 13.8 Å². The Hall–Kier alpha value is -0.720. The number of hydrogen-bond acceptors (Lipinski definition) is 0. The van der Waals surface area contributed by atoms with Gasteiger partial charge in [0.05, 0.1) is 0 Å². The van der Waals surface area contributed by atoms with E-state index in [-0.39, 0.29) is 5.54 Å². The van der Waals surface area contributed by atoms with Crippen LogP contribution in [0.25, 0.3) is 0 Å². The molecule has 0 N–H and O–H groups in total. The minimum absolute atomic E-state index is 0.221. The molecule has 0 spiro atoms. The minimum Gasteiger partial charge on any atom is -0.346 e. The van der Waals surface area contributed by atoms with Gasteiger partial charge in [0.2, 0.25) is 0 Å². The Bertz CT molecular complexity index is 250. The van der Waals surface area contributed by atoms with Gasteiger partial charge in [0.15, 0.2) is 0 Å². The summed E-state index contributed by atoms with van der Waals surface area (Å²) in [6.45, 7) is 11.0. The highest BCUT2D eigenvalue weighted by Crippen LogP contribution is 2.19. The zero-order valence-corrected chi connectivity index (χ0v) is 8.10. The third-order valence-corrected chi connectivity index (χ3v) is 2.13. The molecule has 0 unspecified atom stereocenters. The summed E-state index contributed by atoms with van der Waals surface area (Å²) >= 11 is 0. The van der Waals surface area contributed by atoms with Crippen molar-refractivity contribution in [2.75, 3.05) is 0 Å². The van der Waals surface area contributed by atoms with Crippen LogP contribution in [0.15, 0.2) is 12.3 Å². The van der Waals surface area contributed by atoms with Gasteiger partial charge in [0.25, 0.3) is 0 Å². The van der Waals surface area contributed by atoms with E-state index in [1.165, 1.54) is 11.3 Å². The lowest BCUT2D eigenvalue weighted by Crippen LogP contribution is -2.21. The van der Waals surface area contributed by atoms with Crippen LogP contribution in [0.4, 0.5) is 0 Å². The first-order valence-corrected chi connectivity index (χ1v) is 4.08. The van der Waals surface area contributed by atoms with Crippen molar-refractivity contribution in [3.8, 4) is 0 Å². The second-order valence-corrected chi connectivity index (χ2v) is 4.12. The summed E-state index contributed by atoms with van der Waals surface area (Å²) in [6, 6.07) is 2.17. The summed E-state index contributed by atoms with van der Waals surface area (Å²) in [7, 11) is 0. The molecule has 0 aromatic carbocycles. The Morgan fingerprint density at radius 3 is 1.91 bits per heavy atom. The molecule has 1 heteroatoms. The third-order valence-electron chi connectivity index (χ3n) is 2.13. The van der Waals surface area contributed by atoms with Gasteiger partial charge >= 0.3 is 0 Å². The maximum atomic E-state index is 2.31. The van der Waals surface area contributed by atoms with Crippen LogP contribution < -0.4 is 0 Å². The number of rotatable bonds is 0. The van der Waals surface area contributed by atoms with Crippen molar-refractivity contribution in [1.82, 2.24) is 4.57 Å². The van der Waals surface area contributed by atoms with Crippen LogP contribution >= 0.6 is 0 Å². The average Bonchev–Trinajstić information content (AvgIpc) is 2.11. The van der Waals surface area contributed by atoms with Gasteiger partial charge in [0, 0.05) is 17.4 Å². The Morgan fingerprint density at radius 2 is 1.73 bits per heavy atom. The number of aryl methyl sites for hydroxylation is 1. The molecule has 62 valence electrons. The molecule has 0 bridgehead atoms. The highest BCUT2D eigenvalue weighted by Gasteiger charge is 2.14. The summed E-state index contributed by atoms with van der Waals surface area (Å²) in [6.07, 6.45) is 2.16. The molecule has 0 aliphatic heterocycles. The predicted molar refractivity (Wildman–Crippen MR) is 48.9 cm³/mol. The zero-order chi connectivity index (χ0) is 8.65. The lowest BCUT2D eigenvalue weighted by Gasteiger charge is -2.23. The molecular weight excluding hydrogens is 134 g/mol. The second kappa shape index (κ2) is 2.40. The molecule has 1 nitrogen and oxygen atoms in total. The first-order chi connectivity index (χ1) is 4.93. The van der Waals surface area contributed by atoms with E-state index in [0.29, 0.717) is 0 Å². The average molecular weight is 151 g/mol. The van der Waals surface area contributed by atoms with Crippen molar-refractivity contribution >= 4 is 0 Å². The lowest BCUT2D eigenvalue weighted by molar-refractivity contribution is 0.390. The Kier molecular flexibility index (Phi) is 1.83. The highest BCUT2D eigenvalue weighted by atomic mass is 15.0. The second-order valence-electron chi connectivity index (χ2n) is 4.12. The Labute approximate surface area is 69.0 Å². The molecule has 11 heavy (non-hydrogen) atoms. The van der Waals surface area contributed by atoms with Crippen LogP contribution in [0.2, 0.25) is 0 Å². The largest absolute Gasteiger partial charge is 0.346 e. The van der Waals surface area contributed by atoms with E-state index in [9.17, 15) is 0 Å². The quantitative estimate of drug-likeness (QED) is 0.537. The van der Waals surface area contributed by atoms with Crippen LogP contribution in [0.5, 0.6) is 0 Å². The minimum atomic E-state index is 0.221. The van der Waals surface area contributed by atoms with Crippen LogP contribution in [0.3, 0.4) is 0 Å². The van der Waals surface area contributed by atoms with Gasteiger partial charge in [-0.1, -0.05) is 0 Å². The highest BCUT2D eigenvalue weighted by molar-refractivity contribution is 5.20. The van der Waals surface area contributed by atoms with Crippen molar-refractivity contribution in [3.63, 3.8) is 0 Å². The van der Waals surface area contributed by atoms with Gasteiger partial charge in [-0.2, -0.15) is 0 Å². The number of nitrogens with zero attached hydrogens (tertiary/aromatic N) is 1. The van der Waals surface area contributed by atoms with Gasteiger partial charge < -0.3 is 4.57 Å². The molecular formula is C10H17N. The van der Waals surface area contributed by atoms with Crippen molar-refractivity contribution in [2.24, 2.45) is 0 Å². The molecule has 1 heterocycles. The van der Waals surface area contributed by atoms with Gasteiger partial charge in [0.1, 0.15) is 0 Å². The molecule has 1 aromatic heterocycles. The first-order valence-electron chi connectivity index (χ1n) is 4.08. The summed E-state index contributed by atoms with van der Waals surface area (Å²) < 4.78 is 2.31. The zero-order valence-electron chi connectivity index (χ0n) is 8.10. The lowest BCUT2D eigenvalue weighted by atomic mass is 10.1. The summed E-state index contributed by atoms with van der Waals surface area (Å²) in [5.74, 6) is 0. The molecule has 0 atom stereocenters. The summed E-state index contributed by atoms with van der Waals surface area (Å²) in [5.41, 5.74) is 2.97. The van der Waals surface area contributed by atoms with E-state index in [1.54, 1.807) is 0 Å². The van der Waals surface area contributed by atoms with Gasteiger partial charge in [-0.3, -0.25) is 0 Å². The van der Waals surface area contributed by atoms with Crippen LogP contribution in [-0.2, 0) is 5.54 Å². The number of aromatic nitrogens is 1. The van der Waals surface area contributed by atoms with Crippen LogP contribution in [0.1, 0.15) is 32.0 Å². The smallest absolute Gasteiger partial charge is 0.0358 e. The van der Waals surface area contributed by atoms with Crippen LogP contribution in [-0.4, -0.2) is 4.57 Å². The molecule has 0 radical (unpaired) electrons. The molecule has 0 saturated heterocycles. The molecule has 1 aromatic rings. The molecule has 0 amide bonds. The van der Waals surface area contributed by atoms with E-state index in [4.69, 9.17) is 0 Å². The monoisotopic (exact) mass is 151 g/mol. The first kappa shape index (κ1) is 8.38. The summed E-state index contributed by atoms with van der Waals surface area (Å²) in [5, 5.41) is 0. The maximum absolute atomic E-state index is 2.31. The topological polar surface area (TPSA) is 4.93 Å². The van der Waals surface area contributed by atoms with Crippen molar-refractivity contribution in [1.29, 1.82) is 0 Å². The molecule has 1 rings (SSSR count). The van der Waals surface area contributed by atoms with E-state index in [2.05, 4.69) is 51.4 Å². The third kappa shape index (κ3) is 1.47. The van der Waals surface area contributed by atoms with Crippen molar-refractivity contribution in [2.45, 2.75) is 40.2 Å². The van der Waals surface area contributed by atoms with Gasteiger partial charge in [-0.05, 0) is 46.2 Å². The Morgan fingerprint density at radius 1 is 1.18 bits per heavy atom. The molecule has 0 aliphatic carbocycles. The van der Waals surface area contributed by atoms with Crippen molar-refractivity contribution < 1.29 is 0 Å². The maximum Gasteiger partial charge on any atom is 0.0358 e. The van der Waals surface area contributed by atoms with E-state index in [0.717, 1.165) is 0 Å².